The maximum atomic E-state index is 14.3. The Hall–Kier alpha value is -5.01. The number of rotatable bonds is 10. The van der Waals surface area contributed by atoms with Crippen LogP contribution in [0.5, 0.6) is 0 Å². The molecule has 0 spiro atoms. The second-order valence-electron chi connectivity index (χ2n) is 11.5. The number of nitrogens with one attached hydrogen (secondary N) is 2. The number of fused-ring (bicyclic) bond motifs is 1. The largest absolute Gasteiger partial charge is 0.416 e. The van der Waals surface area contributed by atoms with Crippen LogP contribution in [0.2, 0.25) is 0 Å². The number of carbonyl (C=O) groups is 1. The molecule has 0 bridgehead atoms. The Balaban J connectivity index is 1.45. The van der Waals surface area contributed by atoms with E-state index in [1.807, 2.05) is 6.07 Å². The third-order valence-electron chi connectivity index (χ3n) is 8.11. The Morgan fingerprint density at radius 3 is 2.46 bits per heavy atom. The summed E-state index contributed by atoms with van der Waals surface area (Å²) < 4.78 is 91.4. The minimum Gasteiger partial charge on any atom is -0.378 e. The number of nitriles is 1. The van der Waals surface area contributed by atoms with Gasteiger partial charge in [0.25, 0.3) is 5.91 Å². The van der Waals surface area contributed by atoms with E-state index in [1.165, 1.54) is 35.2 Å². The van der Waals surface area contributed by atoms with Crippen LogP contribution in [-0.4, -0.2) is 51.5 Å². The van der Waals surface area contributed by atoms with Crippen LogP contribution in [0.4, 0.5) is 38.0 Å². The van der Waals surface area contributed by atoms with E-state index in [-0.39, 0.29) is 70.8 Å². The van der Waals surface area contributed by atoms with Crippen LogP contribution < -0.4 is 15.5 Å². The highest BCUT2D eigenvalue weighted by atomic mass is 19.4. The van der Waals surface area contributed by atoms with Crippen molar-refractivity contribution >= 4 is 17.5 Å². The molecule has 2 N–H and O–H groups in total. The maximum absolute atomic E-state index is 14.3. The summed E-state index contributed by atoms with van der Waals surface area (Å²) >= 11 is 0. The normalized spacial score (nSPS) is 15.0. The number of unbranched alkanes of at least 4 members (excludes halogenated alkanes) is 1. The fraction of sp³-hybridized carbons (Fsp3) is 0.344. The van der Waals surface area contributed by atoms with E-state index in [4.69, 9.17) is 10.00 Å². The van der Waals surface area contributed by atoms with Crippen molar-refractivity contribution in [2.45, 2.75) is 44.3 Å². The van der Waals surface area contributed by atoms with Gasteiger partial charge in [0, 0.05) is 37.7 Å². The van der Waals surface area contributed by atoms with Crippen LogP contribution in [-0.2, 0) is 37.2 Å². The summed E-state index contributed by atoms with van der Waals surface area (Å²) in [5.74, 6) is -0.400. The average molecular weight is 671 g/mol. The van der Waals surface area contributed by atoms with Gasteiger partial charge in [-0.1, -0.05) is 0 Å². The lowest BCUT2D eigenvalue weighted by Crippen LogP contribution is -2.45. The van der Waals surface area contributed by atoms with Crippen LogP contribution in [0, 0.1) is 11.3 Å². The lowest BCUT2D eigenvalue weighted by molar-refractivity contribution is -0.138. The predicted molar refractivity (Wildman–Crippen MR) is 161 cm³/mol. The fourth-order valence-electron chi connectivity index (χ4n) is 5.59. The molecule has 250 valence electrons. The first-order valence-corrected chi connectivity index (χ1v) is 14.9. The van der Waals surface area contributed by atoms with E-state index < -0.39 is 35.9 Å². The fourth-order valence-corrected chi connectivity index (χ4v) is 5.59. The summed E-state index contributed by atoms with van der Waals surface area (Å²) in [6.45, 7) is 0.752. The first kappa shape index (κ1) is 32.9. The summed E-state index contributed by atoms with van der Waals surface area (Å²) in [5, 5.41) is 23.0. The Morgan fingerprint density at radius 2 is 1.81 bits per heavy atom. The number of aryl methyl sites for hydroxylation is 1. The summed E-state index contributed by atoms with van der Waals surface area (Å²) in [6, 6.07) is 10.4. The molecule has 2 aromatic heterocycles. The number of alkyl halides is 6. The van der Waals surface area contributed by atoms with Gasteiger partial charge < -0.3 is 19.9 Å². The number of amides is 1. The number of anilines is 2. The van der Waals surface area contributed by atoms with E-state index in [9.17, 15) is 31.1 Å². The van der Waals surface area contributed by atoms with Crippen molar-refractivity contribution < 1.29 is 35.9 Å². The highest BCUT2D eigenvalue weighted by Crippen LogP contribution is 2.42. The van der Waals surface area contributed by atoms with E-state index in [1.54, 1.807) is 7.05 Å². The molecule has 16 heteroatoms. The molecule has 0 saturated carbocycles. The first-order valence-electron chi connectivity index (χ1n) is 14.9. The molecule has 0 aliphatic carbocycles. The van der Waals surface area contributed by atoms with Crippen molar-refractivity contribution in [3.63, 3.8) is 0 Å². The molecule has 0 radical (unpaired) electrons. The molecule has 48 heavy (non-hydrogen) atoms. The molecule has 10 nitrogen and oxygen atoms in total. The van der Waals surface area contributed by atoms with Gasteiger partial charge in [-0.2, -0.15) is 31.6 Å². The minimum absolute atomic E-state index is 0.00639. The molecule has 2 aromatic carbocycles. The van der Waals surface area contributed by atoms with Gasteiger partial charge in [0.2, 0.25) is 0 Å². The molecule has 6 rings (SSSR count). The molecule has 2 aliphatic rings. The van der Waals surface area contributed by atoms with Crippen LogP contribution in [0.25, 0.3) is 22.5 Å². The number of nitrogens with zero attached hydrogens (tertiary/aromatic N) is 6. The molecule has 2 aliphatic heterocycles. The number of aromatic nitrogens is 4. The summed E-state index contributed by atoms with van der Waals surface area (Å²) in [5.41, 5.74) is -1.43. The number of hydrogen-bond acceptors (Lipinski definition) is 8. The van der Waals surface area contributed by atoms with E-state index >= 15 is 0 Å². The van der Waals surface area contributed by atoms with Crippen LogP contribution in [0.3, 0.4) is 0 Å². The van der Waals surface area contributed by atoms with Crippen molar-refractivity contribution in [3.8, 4) is 28.6 Å². The van der Waals surface area contributed by atoms with Gasteiger partial charge >= 0.3 is 12.4 Å². The van der Waals surface area contributed by atoms with Gasteiger partial charge in [-0.05, 0) is 71.1 Å². The average Bonchev–Trinajstić information content (AvgIpc) is 3.59. The Labute approximate surface area is 270 Å². The third kappa shape index (κ3) is 6.69. The maximum Gasteiger partial charge on any atom is 0.416 e. The molecule has 1 saturated heterocycles. The topological polar surface area (TPSA) is 121 Å². The number of ether oxygens (including phenoxy) is 1. The van der Waals surface area contributed by atoms with Gasteiger partial charge in [-0.3, -0.25) is 9.69 Å². The summed E-state index contributed by atoms with van der Waals surface area (Å²) in [6.07, 6.45) is -7.44. The molecule has 0 unspecified atom stereocenters. The Morgan fingerprint density at radius 1 is 1.02 bits per heavy atom. The van der Waals surface area contributed by atoms with Crippen molar-refractivity contribution in [1.29, 1.82) is 5.26 Å². The summed E-state index contributed by atoms with van der Waals surface area (Å²) in [7, 11) is 1.62. The molecule has 1 fully saturated rings. The van der Waals surface area contributed by atoms with Crippen LogP contribution in [0.15, 0.2) is 48.8 Å². The lowest BCUT2D eigenvalue weighted by atomic mass is 9.96. The van der Waals surface area contributed by atoms with E-state index in [2.05, 4.69) is 25.8 Å². The highest BCUT2D eigenvalue weighted by molar-refractivity contribution is 6.10. The van der Waals surface area contributed by atoms with Gasteiger partial charge in [0.15, 0.2) is 5.82 Å². The Kier molecular flexibility index (Phi) is 8.84. The number of hydrogen-bond donors (Lipinski definition) is 2. The first-order chi connectivity index (χ1) is 22.8. The molecule has 1 amide bonds. The minimum atomic E-state index is -4.76. The van der Waals surface area contributed by atoms with Crippen molar-refractivity contribution in [2.75, 3.05) is 30.0 Å². The molecule has 4 aromatic rings. The zero-order valence-electron chi connectivity index (χ0n) is 25.4. The van der Waals surface area contributed by atoms with Crippen molar-refractivity contribution in [3.05, 3.63) is 76.6 Å². The second kappa shape index (κ2) is 12.9. The molecule has 4 heterocycles. The van der Waals surface area contributed by atoms with Gasteiger partial charge in [-0.15, -0.1) is 10.2 Å². The zero-order chi connectivity index (χ0) is 34.2. The SMILES string of the molecule is Cn1cnnc1-c1ccc(C(F)(F)F)cc1-c1cc(NCCCC#N)nc(N2Cc3c(cc(CNC4COC4)cc3C(F)(F)F)C2=O)c1. The quantitative estimate of drug-likeness (QED) is 0.157. The van der Waals surface area contributed by atoms with Gasteiger partial charge in [0.1, 0.15) is 18.0 Å². The van der Waals surface area contributed by atoms with Crippen molar-refractivity contribution in [2.24, 2.45) is 7.05 Å². The summed E-state index contributed by atoms with van der Waals surface area (Å²) in [4.78, 5) is 19.4. The van der Waals surface area contributed by atoms with E-state index in [0.29, 0.717) is 25.2 Å². The van der Waals surface area contributed by atoms with Crippen LogP contribution >= 0.6 is 0 Å². The van der Waals surface area contributed by atoms with Crippen molar-refractivity contribution in [1.82, 2.24) is 25.1 Å². The van der Waals surface area contributed by atoms with Crippen LogP contribution in [0.1, 0.15) is 45.5 Å². The second-order valence-corrected chi connectivity index (χ2v) is 11.5. The number of halogens is 6. The van der Waals surface area contributed by atoms with Gasteiger partial charge in [0.05, 0.1) is 43.0 Å². The molecular weight excluding hydrogens is 642 g/mol. The Bertz CT molecular complexity index is 1890. The highest BCUT2D eigenvalue weighted by Gasteiger charge is 2.41. The van der Waals surface area contributed by atoms with Gasteiger partial charge in [-0.25, -0.2) is 4.98 Å². The standard InChI is InChI=1S/C32H28F6N8O2/c1-45-17-42-44-29(45)22-5-4-20(31(33,34)35)12-23(22)19-10-27(40-7-3-2-6-39)43-28(11-19)46-14-25-24(30(46)47)8-18(9-26(25)32(36,37)38)13-41-21-15-48-16-21/h4-5,8-12,17,21,41H,2-3,7,13-16H2,1H3,(H,40,43). The smallest absolute Gasteiger partial charge is 0.378 e. The third-order valence-corrected chi connectivity index (χ3v) is 8.11. The monoisotopic (exact) mass is 670 g/mol. The number of benzene rings is 2. The lowest BCUT2D eigenvalue weighted by Gasteiger charge is -2.27. The predicted octanol–water partition coefficient (Wildman–Crippen LogP) is 5.95. The molecule has 0 atom stereocenters. The zero-order valence-corrected chi connectivity index (χ0v) is 25.4. The van der Waals surface area contributed by atoms with E-state index in [0.717, 1.165) is 23.1 Å². The number of carbonyl (C=O) groups excluding carboxylic acids is 1. The molecular formula is C32H28F6N8O2. The number of pyridine rings is 1.